The molecule has 0 saturated heterocycles. The standard InChI is InChI=1S/C20H16ClN3O4/c1-28-15-8-4-12(5-9-15)17(25)11-23-19(26)16-10-22-18(24-20(16)27)13-2-6-14(21)7-3-13/h2-10H,11H2,1H3,(H,23,26)(H,22,24,27). The Labute approximate surface area is 165 Å². The van der Waals surface area contributed by atoms with Gasteiger partial charge in [0.1, 0.15) is 17.1 Å². The second-order valence-corrected chi connectivity index (χ2v) is 6.25. The van der Waals surface area contributed by atoms with Gasteiger partial charge < -0.3 is 15.0 Å². The van der Waals surface area contributed by atoms with Crippen LogP contribution in [0, 0.1) is 0 Å². The average molecular weight is 398 g/mol. The van der Waals surface area contributed by atoms with Crippen molar-refractivity contribution >= 4 is 23.3 Å². The molecule has 142 valence electrons. The Kier molecular flexibility index (Phi) is 5.86. The van der Waals surface area contributed by atoms with Gasteiger partial charge in [0, 0.05) is 22.3 Å². The monoisotopic (exact) mass is 397 g/mol. The van der Waals surface area contributed by atoms with Crippen LogP contribution in [-0.2, 0) is 0 Å². The summed E-state index contributed by atoms with van der Waals surface area (Å²) in [6, 6.07) is 13.2. The lowest BCUT2D eigenvalue weighted by Crippen LogP contribution is -2.33. The van der Waals surface area contributed by atoms with Gasteiger partial charge in [0.25, 0.3) is 11.5 Å². The van der Waals surface area contributed by atoms with E-state index in [-0.39, 0.29) is 17.9 Å². The molecule has 2 N–H and O–H groups in total. The zero-order valence-electron chi connectivity index (χ0n) is 14.9. The lowest BCUT2D eigenvalue weighted by Gasteiger charge is -2.06. The summed E-state index contributed by atoms with van der Waals surface area (Å²) in [6.45, 7) is -0.246. The van der Waals surface area contributed by atoms with Crippen LogP contribution in [0.5, 0.6) is 5.75 Å². The van der Waals surface area contributed by atoms with Gasteiger partial charge in [0.05, 0.1) is 13.7 Å². The molecule has 1 aromatic heterocycles. The molecule has 0 spiro atoms. The molecule has 0 unspecified atom stereocenters. The molecule has 0 saturated carbocycles. The minimum Gasteiger partial charge on any atom is -0.497 e. The predicted octanol–water partition coefficient (Wildman–Crippen LogP) is 2.71. The largest absolute Gasteiger partial charge is 0.497 e. The van der Waals surface area contributed by atoms with Crippen molar-refractivity contribution in [2.45, 2.75) is 0 Å². The highest BCUT2D eigenvalue weighted by Gasteiger charge is 2.14. The van der Waals surface area contributed by atoms with E-state index in [0.29, 0.717) is 27.7 Å². The summed E-state index contributed by atoms with van der Waals surface area (Å²) >= 11 is 5.84. The molecule has 0 aliphatic heterocycles. The molecule has 0 aliphatic carbocycles. The van der Waals surface area contributed by atoms with Crippen molar-refractivity contribution in [2.24, 2.45) is 0 Å². The summed E-state index contributed by atoms with van der Waals surface area (Å²) in [7, 11) is 1.53. The maximum Gasteiger partial charge on any atom is 0.264 e. The van der Waals surface area contributed by atoms with Crippen LogP contribution in [0.25, 0.3) is 11.4 Å². The zero-order chi connectivity index (χ0) is 20.1. The highest BCUT2D eigenvalue weighted by molar-refractivity contribution is 6.30. The lowest BCUT2D eigenvalue weighted by atomic mass is 10.1. The highest BCUT2D eigenvalue weighted by Crippen LogP contribution is 2.17. The van der Waals surface area contributed by atoms with E-state index in [2.05, 4.69) is 15.3 Å². The van der Waals surface area contributed by atoms with Crippen molar-refractivity contribution in [3.8, 4) is 17.1 Å². The lowest BCUT2D eigenvalue weighted by molar-refractivity contribution is 0.0902. The molecule has 1 heterocycles. The summed E-state index contributed by atoms with van der Waals surface area (Å²) in [4.78, 5) is 43.3. The number of carbonyl (C=O) groups excluding carboxylic acids is 2. The number of benzene rings is 2. The van der Waals surface area contributed by atoms with Gasteiger partial charge in [0.15, 0.2) is 5.78 Å². The smallest absolute Gasteiger partial charge is 0.264 e. The quantitative estimate of drug-likeness (QED) is 0.623. The molecule has 28 heavy (non-hydrogen) atoms. The van der Waals surface area contributed by atoms with Crippen LogP contribution in [-0.4, -0.2) is 35.3 Å². The number of ether oxygens (including phenoxy) is 1. The van der Waals surface area contributed by atoms with Crippen LogP contribution >= 0.6 is 11.6 Å². The minimum absolute atomic E-state index is 0.180. The molecule has 1 amide bonds. The molecule has 0 fully saturated rings. The Bertz CT molecular complexity index is 1060. The Morgan fingerprint density at radius 1 is 1.11 bits per heavy atom. The molecular weight excluding hydrogens is 382 g/mol. The summed E-state index contributed by atoms with van der Waals surface area (Å²) < 4.78 is 5.03. The normalized spacial score (nSPS) is 10.4. The topological polar surface area (TPSA) is 101 Å². The van der Waals surface area contributed by atoms with Crippen molar-refractivity contribution in [1.82, 2.24) is 15.3 Å². The number of aromatic amines is 1. The number of nitrogens with zero attached hydrogens (tertiary/aromatic N) is 1. The first-order valence-electron chi connectivity index (χ1n) is 8.28. The van der Waals surface area contributed by atoms with E-state index in [0.717, 1.165) is 0 Å². The molecule has 2 aromatic carbocycles. The number of halogens is 1. The van der Waals surface area contributed by atoms with Gasteiger partial charge in [-0.3, -0.25) is 14.4 Å². The van der Waals surface area contributed by atoms with E-state index in [9.17, 15) is 14.4 Å². The number of H-pyrrole nitrogens is 1. The van der Waals surface area contributed by atoms with Crippen molar-refractivity contribution in [2.75, 3.05) is 13.7 Å². The van der Waals surface area contributed by atoms with Gasteiger partial charge in [-0.15, -0.1) is 0 Å². The number of rotatable bonds is 6. The number of ketones is 1. The van der Waals surface area contributed by atoms with E-state index in [1.165, 1.54) is 13.3 Å². The van der Waals surface area contributed by atoms with Gasteiger partial charge in [-0.2, -0.15) is 0 Å². The number of Topliss-reactive ketones (excluding diaryl/α,β-unsaturated/α-hetero) is 1. The summed E-state index contributed by atoms with van der Waals surface area (Å²) in [5.74, 6) is -0.0389. The van der Waals surface area contributed by atoms with Gasteiger partial charge in [-0.25, -0.2) is 4.98 Å². The van der Waals surface area contributed by atoms with E-state index < -0.39 is 11.5 Å². The highest BCUT2D eigenvalue weighted by atomic mass is 35.5. The summed E-state index contributed by atoms with van der Waals surface area (Å²) in [5.41, 5.74) is 0.295. The van der Waals surface area contributed by atoms with E-state index in [4.69, 9.17) is 16.3 Å². The van der Waals surface area contributed by atoms with Gasteiger partial charge >= 0.3 is 0 Å². The molecule has 3 rings (SSSR count). The zero-order valence-corrected chi connectivity index (χ0v) is 15.6. The first kappa shape index (κ1) is 19.3. The molecule has 0 bridgehead atoms. The maximum absolute atomic E-state index is 12.2. The molecule has 0 aliphatic rings. The van der Waals surface area contributed by atoms with Crippen molar-refractivity contribution in [1.29, 1.82) is 0 Å². The average Bonchev–Trinajstić information content (AvgIpc) is 2.72. The number of methoxy groups -OCH3 is 1. The van der Waals surface area contributed by atoms with Crippen LogP contribution < -0.4 is 15.6 Å². The van der Waals surface area contributed by atoms with Gasteiger partial charge in [-0.1, -0.05) is 11.6 Å². The van der Waals surface area contributed by atoms with E-state index in [1.807, 2.05) is 0 Å². The second kappa shape index (κ2) is 8.49. The Morgan fingerprint density at radius 2 is 1.79 bits per heavy atom. The molecule has 0 atom stereocenters. The fourth-order valence-electron chi connectivity index (χ4n) is 2.45. The number of aromatic nitrogens is 2. The fraction of sp³-hybridized carbons (Fsp3) is 0.100. The van der Waals surface area contributed by atoms with Crippen LogP contribution in [0.4, 0.5) is 0 Å². The Hall–Kier alpha value is -3.45. The molecule has 0 radical (unpaired) electrons. The number of amides is 1. The van der Waals surface area contributed by atoms with E-state index in [1.54, 1.807) is 48.5 Å². The van der Waals surface area contributed by atoms with E-state index >= 15 is 0 Å². The van der Waals surface area contributed by atoms with Crippen LogP contribution in [0.2, 0.25) is 5.02 Å². The molecule has 3 aromatic rings. The first-order valence-corrected chi connectivity index (χ1v) is 8.66. The Balaban J connectivity index is 1.67. The number of nitrogens with one attached hydrogen (secondary N) is 2. The third kappa shape index (κ3) is 4.44. The van der Waals surface area contributed by atoms with Crippen molar-refractivity contribution in [3.05, 3.63) is 81.2 Å². The van der Waals surface area contributed by atoms with Crippen LogP contribution in [0.15, 0.2) is 59.5 Å². The second-order valence-electron chi connectivity index (χ2n) is 5.82. The first-order chi connectivity index (χ1) is 13.5. The number of hydrogen-bond donors (Lipinski definition) is 2. The maximum atomic E-state index is 12.2. The fourth-order valence-corrected chi connectivity index (χ4v) is 2.57. The summed E-state index contributed by atoms with van der Waals surface area (Å²) in [6.07, 6.45) is 1.18. The number of hydrogen-bond acceptors (Lipinski definition) is 5. The summed E-state index contributed by atoms with van der Waals surface area (Å²) in [5, 5.41) is 3.00. The third-order valence-corrected chi connectivity index (χ3v) is 4.24. The SMILES string of the molecule is COc1ccc(C(=O)CNC(=O)c2cnc(-c3ccc(Cl)cc3)[nH]c2=O)cc1. The Morgan fingerprint density at radius 3 is 2.39 bits per heavy atom. The van der Waals surface area contributed by atoms with Crippen molar-refractivity contribution < 1.29 is 14.3 Å². The number of carbonyl (C=O) groups is 2. The molecule has 7 nitrogen and oxygen atoms in total. The van der Waals surface area contributed by atoms with Gasteiger partial charge in [0.2, 0.25) is 0 Å². The third-order valence-electron chi connectivity index (χ3n) is 3.98. The van der Waals surface area contributed by atoms with Crippen LogP contribution in [0.1, 0.15) is 20.7 Å². The molecular formula is C20H16ClN3O4. The van der Waals surface area contributed by atoms with Crippen LogP contribution in [0.3, 0.4) is 0 Å². The molecule has 8 heteroatoms. The van der Waals surface area contributed by atoms with Crippen molar-refractivity contribution in [3.63, 3.8) is 0 Å². The minimum atomic E-state index is -0.682. The predicted molar refractivity (Wildman–Crippen MR) is 105 cm³/mol. The van der Waals surface area contributed by atoms with Gasteiger partial charge in [-0.05, 0) is 48.5 Å².